The summed E-state index contributed by atoms with van der Waals surface area (Å²) in [6.07, 6.45) is 1.79. The van der Waals surface area contributed by atoms with Crippen LogP contribution in [0.5, 0.6) is 0 Å². The summed E-state index contributed by atoms with van der Waals surface area (Å²) in [5.74, 6) is 0. The van der Waals surface area contributed by atoms with Crippen molar-refractivity contribution in [1.82, 2.24) is 25.2 Å². The average Bonchev–Trinajstić information content (AvgIpc) is 2.53. The molecule has 13 heavy (non-hydrogen) atoms. The van der Waals surface area contributed by atoms with E-state index < -0.39 is 0 Å². The van der Waals surface area contributed by atoms with Crippen molar-refractivity contribution in [3.8, 4) is 11.4 Å². The molecule has 6 heteroatoms. The third-order valence-electron chi connectivity index (χ3n) is 1.54. The quantitative estimate of drug-likeness (QED) is 0.684. The number of aryl methyl sites for hydroxylation is 1. The van der Waals surface area contributed by atoms with Gasteiger partial charge >= 0.3 is 0 Å². The third-order valence-corrected chi connectivity index (χ3v) is 1.77. The molecule has 2 rings (SSSR count). The van der Waals surface area contributed by atoms with E-state index >= 15 is 0 Å². The van der Waals surface area contributed by atoms with Crippen molar-refractivity contribution in [3.05, 3.63) is 23.0 Å². The number of hydrogen-bond donors (Lipinski definition) is 1. The third kappa shape index (κ3) is 1.62. The highest BCUT2D eigenvalue weighted by molar-refractivity contribution is 7.71. The maximum atomic E-state index is 4.87. The van der Waals surface area contributed by atoms with Gasteiger partial charge in [0.2, 0.25) is 0 Å². The van der Waals surface area contributed by atoms with Crippen LogP contribution in [0.4, 0.5) is 0 Å². The van der Waals surface area contributed by atoms with Crippen molar-refractivity contribution in [1.29, 1.82) is 0 Å². The lowest BCUT2D eigenvalue weighted by Gasteiger charge is -1.91. The summed E-state index contributed by atoms with van der Waals surface area (Å²) in [6.45, 7) is 0. The first-order chi connectivity index (χ1) is 6.25. The van der Waals surface area contributed by atoms with Gasteiger partial charge in [-0.1, -0.05) is 17.4 Å². The average molecular weight is 193 g/mol. The van der Waals surface area contributed by atoms with E-state index in [0.29, 0.717) is 4.64 Å². The Kier molecular flexibility index (Phi) is 1.90. The Morgan fingerprint density at radius 3 is 2.77 bits per heavy atom. The molecule has 0 atom stereocenters. The van der Waals surface area contributed by atoms with Crippen molar-refractivity contribution < 1.29 is 0 Å². The normalized spacial score (nSPS) is 10.2. The molecule has 2 heterocycles. The molecular weight excluding hydrogens is 186 g/mol. The molecule has 0 spiro atoms. The van der Waals surface area contributed by atoms with E-state index in [0.717, 1.165) is 11.4 Å². The molecule has 0 aromatic carbocycles. The standard InChI is InChI=1S/C7H7N5S/c1-12-4-6(9-11-12)5-2-3-7(13)10-8-5/h2-4H,1H3,(H,10,13). The molecule has 0 amide bonds. The lowest BCUT2D eigenvalue weighted by atomic mass is 10.3. The summed E-state index contributed by atoms with van der Waals surface area (Å²) in [5, 5.41) is 14.4. The van der Waals surface area contributed by atoms with Gasteiger partial charge in [0.05, 0.1) is 6.20 Å². The fraction of sp³-hybridized carbons (Fsp3) is 0.143. The smallest absolute Gasteiger partial charge is 0.133 e. The fourth-order valence-electron chi connectivity index (χ4n) is 0.952. The Morgan fingerprint density at radius 2 is 2.23 bits per heavy atom. The largest absolute Gasteiger partial charge is 0.267 e. The van der Waals surface area contributed by atoms with Crippen molar-refractivity contribution in [2.45, 2.75) is 0 Å². The number of nitrogens with one attached hydrogen (secondary N) is 1. The van der Waals surface area contributed by atoms with E-state index in [9.17, 15) is 0 Å². The number of H-pyrrole nitrogens is 1. The van der Waals surface area contributed by atoms with E-state index in [1.807, 2.05) is 13.1 Å². The molecule has 2 aromatic rings. The lowest BCUT2D eigenvalue weighted by molar-refractivity contribution is 0.715. The number of rotatable bonds is 1. The summed E-state index contributed by atoms with van der Waals surface area (Å²) in [4.78, 5) is 0. The number of aromatic nitrogens is 5. The molecule has 0 aliphatic heterocycles. The van der Waals surface area contributed by atoms with Crippen molar-refractivity contribution in [3.63, 3.8) is 0 Å². The lowest BCUT2D eigenvalue weighted by Crippen LogP contribution is -1.86. The topological polar surface area (TPSA) is 59.4 Å². The molecular formula is C7H7N5S. The van der Waals surface area contributed by atoms with Crippen LogP contribution >= 0.6 is 12.2 Å². The van der Waals surface area contributed by atoms with Gasteiger partial charge in [-0.15, -0.1) is 5.10 Å². The zero-order chi connectivity index (χ0) is 9.26. The monoisotopic (exact) mass is 193 g/mol. The Labute approximate surface area is 79.4 Å². The minimum absolute atomic E-state index is 0.604. The van der Waals surface area contributed by atoms with Crippen LogP contribution in [0.2, 0.25) is 0 Å². The van der Waals surface area contributed by atoms with Gasteiger partial charge in [-0.05, 0) is 12.1 Å². The molecule has 0 bridgehead atoms. The second-order valence-electron chi connectivity index (χ2n) is 2.58. The van der Waals surface area contributed by atoms with Crippen LogP contribution in [-0.2, 0) is 7.05 Å². The minimum atomic E-state index is 0.604. The zero-order valence-electron chi connectivity index (χ0n) is 6.93. The zero-order valence-corrected chi connectivity index (χ0v) is 7.75. The molecule has 0 aliphatic carbocycles. The van der Waals surface area contributed by atoms with Crippen LogP contribution in [0.3, 0.4) is 0 Å². The van der Waals surface area contributed by atoms with Gasteiger partial charge in [-0.2, -0.15) is 5.10 Å². The van der Waals surface area contributed by atoms with Crippen LogP contribution in [0.15, 0.2) is 18.3 Å². The number of nitrogens with zero attached hydrogens (tertiary/aromatic N) is 4. The predicted octanol–water partition coefficient (Wildman–Crippen LogP) is 0.935. The molecule has 0 saturated carbocycles. The Morgan fingerprint density at radius 1 is 1.38 bits per heavy atom. The summed E-state index contributed by atoms with van der Waals surface area (Å²) >= 11 is 4.87. The molecule has 0 radical (unpaired) electrons. The minimum Gasteiger partial charge on any atom is -0.267 e. The molecule has 0 saturated heterocycles. The highest BCUT2D eigenvalue weighted by Crippen LogP contribution is 2.09. The molecule has 66 valence electrons. The summed E-state index contributed by atoms with van der Waals surface area (Å²) in [7, 11) is 1.81. The van der Waals surface area contributed by atoms with Gasteiger partial charge in [-0.25, -0.2) is 0 Å². The molecule has 2 aromatic heterocycles. The van der Waals surface area contributed by atoms with E-state index in [2.05, 4.69) is 20.5 Å². The second-order valence-corrected chi connectivity index (χ2v) is 3.02. The van der Waals surface area contributed by atoms with Crippen LogP contribution in [0, 0.1) is 4.64 Å². The first-order valence-electron chi connectivity index (χ1n) is 3.68. The van der Waals surface area contributed by atoms with Gasteiger partial charge in [0.1, 0.15) is 16.0 Å². The first-order valence-corrected chi connectivity index (χ1v) is 4.09. The van der Waals surface area contributed by atoms with Gasteiger partial charge in [0.15, 0.2) is 0 Å². The number of hydrogen-bond acceptors (Lipinski definition) is 4. The molecule has 5 nitrogen and oxygen atoms in total. The van der Waals surface area contributed by atoms with Gasteiger partial charge < -0.3 is 0 Å². The van der Waals surface area contributed by atoms with Gasteiger partial charge in [-0.3, -0.25) is 9.78 Å². The Balaban J connectivity index is 2.47. The van der Waals surface area contributed by atoms with E-state index in [1.54, 1.807) is 16.9 Å². The molecule has 0 aliphatic rings. The number of aromatic amines is 1. The van der Waals surface area contributed by atoms with Crippen molar-refractivity contribution >= 4 is 12.2 Å². The van der Waals surface area contributed by atoms with Crippen molar-refractivity contribution in [2.24, 2.45) is 7.05 Å². The summed E-state index contributed by atoms with van der Waals surface area (Å²) in [5.41, 5.74) is 1.47. The highest BCUT2D eigenvalue weighted by Gasteiger charge is 2.01. The van der Waals surface area contributed by atoms with E-state index in [4.69, 9.17) is 12.2 Å². The fourth-order valence-corrected chi connectivity index (χ4v) is 1.07. The predicted molar refractivity (Wildman–Crippen MR) is 49.4 cm³/mol. The van der Waals surface area contributed by atoms with Crippen LogP contribution in [0.25, 0.3) is 11.4 Å². The van der Waals surface area contributed by atoms with Crippen LogP contribution in [0.1, 0.15) is 0 Å². The Hall–Kier alpha value is -1.56. The Bertz CT molecular complexity index is 451. The maximum Gasteiger partial charge on any atom is 0.133 e. The summed E-state index contributed by atoms with van der Waals surface area (Å²) in [6, 6.07) is 3.58. The van der Waals surface area contributed by atoms with Crippen LogP contribution in [-0.4, -0.2) is 25.2 Å². The van der Waals surface area contributed by atoms with E-state index in [1.165, 1.54) is 0 Å². The van der Waals surface area contributed by atoms with Crippen LogP contribution < -0.4 is 0 Å². The van der Waals surface area contributed by atoms with Gasteiger partial charge in [0, 0.05) is 7.05 Å². The molecule has 0 unspecified atom stereocenters. The van der Waals surface area contributed by atoms with E-state index in [-0.39, 0.29) is 0 Å². The SMILES string of the molecule is Cn1cc(-c2ccc(=S)[nH]n2)nn1. The van der Waals surface area contributed by atoms with Crippen molar-refractivity contribution in [2.75, 3.05) is 0 Å². The molecule has 1 N–H and O–H groups in total. The highest BCUT2D eigenvalue weighted by atomic mass is 32.1. The summed E-state index contributed by atoms with van der Waals surface area (Å²) < 4.78 is 2.23. The van der Waals surface area contributed by atoms with Gasteiger partial charge in [0.25, 0.3) is 0 Å². The second kappa shape index (κ2) is 3.06. The molecule has 0 fully saturated rings. The maximum absolute atomic E-state index is 4.87. The first kappa shape index (κ1) is 8.06.